The smallest absolute Gasteiger partial charge is 0.238 e. The molecule has 2 aromatic heterocycles. The van der Waals surface area contributed by atoms with Gasteiger partial charge in [0.15, 0.2) is 11.6 Å². The van der Waals surface area contributed by atoms with E-state index in [-0.39, 0.29) is 45.4 Å². The van der Waals surface area contributed by atoms with Crippen LogP contribution in [0.2, 0.25) is 0 Å². The Morgan fingerprint density at radius 2 is 0.980 bits per heavy atom. The van der Waals surface area contributed by atoms with Crippen molar-refractivity contribution in [2.75, 3.05) is 0 Å². The largest absolute Gasteiger partial charge is 0.278 e. The molecule has 4 heteroatoms. The predicted octanol–water partition coefficient (Wildman–Crippen LogP) is 11.3. The van der Waals surface area contributed by atoms with Gasteiger partial charge in [0.25, 0.3) is 0 Å². The van der Waals surface area contributed by atoms with Crippen molar-refractivity contribution in [1.82, 2.24) is 19.5 Å². The number of hydrogen-bond acceptors (Lipinski definition) is 3. The molecule has 230 valence electrons. The average molecular weight is 636 g/mol. The zero-order valence-corrected chi connectivity index (χ0v) is 25.9. The van der Waals surface area contributed by atoms with Crippen LogP contribution in [0.4, 0.5) is 0 Å². The second-order valence-corrected chi connectivity index (χ2v) is 11.4. The van der Waals surface area contributed by atoms with E-state index in [0.717, 1.165) is 22.3 Å². The molecule has 0 N–H and O–H groups in total. The van der Waals surface area contributed by atoms with Crippen molar-refractivity contribution in [2.45, 2.75) is 0 Å². The molecule has 9 aromatic rings. The molecule has 0 atom stereocenters. The second kappa shape index (κ2) is 12.2. The average Bonchev–Trinajstić information content (AvgIpc) is 3.63. The molecule has 0 amide bonds. The molecule has 0 aliphatic carbocycles. The number of para-hydroxylation sites is 1. The zero-order valence-electron chi connectivity index (χ0n) is 34.9. The van der Waals surface area contributed by atoms with Gasteiger partial charge in [0.05, 0.1) is 23.4 Å². The first-order valence-corrected chi connectivity index (χ1v) is 15.7. The highest BCUT2D eigenvalue weighted by atomic mass is 15.2. The normalized spacial score (nSPS) is 13.8. The monoisotopic (exact) mass is 635 g/mol. The third-order valence-corrected chi connectivity index (χ3v) is 8.52. The molecule has 7 aromatic carbocycles. The molecule has 4 nitrogen and oxygen atoms in total. The second-order valence-electron chi connectivity index (χ2n) is 11.4. The first kappa shape index (κ1) is 20.6. The minimum atomic E-state index is -0.548. The summed E-state index contributed by atoms with van der Waals surface area (Å²) in [6.45, 7) is 0. The van der Waals surface area contributed by atoms with Crippen LogP contribution < -0.4 is 0 Å². The molecule has 0 unspecified atom stereocenters. The number of nitrogens with zero attached hydrogens (tertiary/aromatic N) is 4. The molecule has 0 radical (unpaired) electrons. The van der Waals surface area contributed by atoms with E-state index >= 15 is 0 Å². The van der Waals surface area contributed by atoms with Gasteiger partial charge >= 0.3 is 0 Å². The van der Waals surface area contributed by atoms with Crippen molar-refractivity contribution in [1.29, 1.82) is 0 Å². The fraction of sp³-hybridized carbons (Fsp3) is 0. The Morgan fingerprint density at radius 1 is 0.388 bits per heavy atom. The summed E-state index contributed by atoms with van der Waals surface area (Å²) < 4.78 is 80.2. The molecule has 0 bridgehead atoms. The van der Waals surface area contributed by atoms with Gasteiger partial charge in [-0.15, -0.1) is 0 Å². The summed E-state index contributed by atoms with van der Waals surface area (Å²) in [6, 6.07) is 36.1. The van der Waals surface area contributed by atoms with Crippen LogP contribution in [-0.2, 0) is 0 Å². The molecule has 49 heavy (non-hydrogen) atoms. The maximum Gasteiger partial charge on any atom is 0.238 e. The number of fused-ring (bicyclic) bond motifs is 3. The van der Waals surface area contributed by atoms with Crippen LogP contribution in [0.5, 0.6) is 0 Å². The van der Waals surface area contributed by atoms with Crippen LogP contribution in [0.1, 0.15) is 12.3 Å². The lowest BCUT2D eigenvalue weighted by Gasteiger charge is -2.13. The van der Waals surface area contributed by atoms with E-state index in [0.29, 0.717) is 28.3 Å². The SMILES string of the molecule is [2H]c1c([2H])c([2H])c(-c2cccc3c2c2c([2H])c([2H])c([2H])c([2H])c2n3-c2nc(-c3ccc(-c4ccccc4)cc3)nc(-c3ccccc3-c3ccccc3)n2)c([2H])c1[2H]. The van der Waals surface area contributed by atoms with E-state index in [1.807, 2.05) is 109 Å². The number of aromatic nitrogens is 4. The Balaban J connectivity index is 1.39. The topological polar surface area (TPSA) is 43.6 Å². The summed E-state index contributed by atoms with van der Waals surface area (Å²) >= 11 is 0. The summed E-state index contributed by atoms with van der Waals surface area (Å²) in [7, 11) is 0. The first-order chi connectivity index (χ1) is 28.0. The van der Waals surface area contributed by atoms with E-state index in [1.54, 1.807) is 22.8 Å². The van der Waals surface area contributed by atoms with Gasteiger partial charge in [-0.1, -0.05) is 170 Å². The maximum absolute atomic E-state index is 9.25. The molecule has 0 saturated heterocycles. The van der Waals surface area contributed by atoms with Crippen molar-refractivity contribution in [3.05, 3.63) is 182 Å². The minimum Gasteiger partial charge on any atom is -0.278 e. The third kappa shape index (κ3) is 5.16. The quantitative estimate of drug-likeness (QED) is 0.183. The summed E-state index contributed by atoms with van der Waals surface area (Å²) in [5, 5.41) is 0.340. The van der Waals surface area contributed by atoms with Gasteiger partial charge in [0.1, 0.15) is 0 Å². The van der Waals surface area contributed by atoms with Crippen LogP contribution in [0.3, 0.4) is 0 Å². The van der Waals surface area contributed by atoms with Gasteiger partial charge in [0.2, 0.25) is 5.95 Å². The van der Waals surface area contributed by atoms with Gasteiger partial charge in [0, 0.05) is 21.9 Å². The summed E-state index contributed by atoms with van der Waals surface area (Å²) in [6.07, 6.45) is 0. The summed E-state index contributed by atoms with van der Waals surface area (Å²) in [5.74, 6) is 0.669. The lowest BCUT2D eigenvalue weighted by atomic mass is 9.99. The van der Waals surface area contributed by atoms with Crippen LogP contribution in [0, 0.1) is 0 Å². The van der Waals surface area contributed by atoms with Crippen LogP contribution in [-0.4, -0.2) is 19.5 Å². The molecule has 0 fully saturated rings. The third-order valence-electron chi connectivity index (χ3n) is 8.52. The molecule has 0 saturated carbocycles. The molecular weight excluding hydrogens is 597 g/mol. The van der Waals surface area contributed by atoms with E-state index < -0.39 is 42.3 Å². The van der Waals surface area contributed by atoms with Gasteiger partial charge in [-0.05, 0) is 45.5 Å². The lowest BCUT2D eigenvalue weighted by Crippen LogP contribution is -2.07. The van der Waals surface area contributed by atoms with Gasteiger partial charge in [-0.3, -0.25) is 4.57 Å². The molecule has 0 aliphatic rings. The van der Waals surface area contributed by atoms with E-state index in [4.69, 9.17) is 24.5 Å². The standard InChI is InChI=1S/C45H30N4/c1-4-15-31(16-5-1)32-27-29-35(30-28-32)43-46-44(38-22-11-10-21-36(38)33-17-6-2-7-18-33)48-45(47-43)49-40-25-13-12-23-39(40)42-37(24-14-26-41(42)49)34-19-8-3-9-20-34/h1-30H/i3D,8D,9D,12D,13D,19D,20D,23D,25D. The fourth-order valence-corrected chi connectivity index (χ4v) is 6.27. The number of hydrogen-bond donors (Lipinski definition) is 0. The predicted molar refractivity (Wildman–Crippen MR) is 201 cm³/mol. The maximum atomic E-state index is 9.25. The molecule has 0 aliphatic heterocycles. The van der Waals surface area contributed by atoms with Crippen molar-refractivity contribution < 1.29 is 12.3 Å². The Hall–Kier alpha value is -6.65. The van der Waals surface area contributed by atoms with Gasteiger partial charge in [-0.2, -0.15) is 9.97 Å². The van der Waals surface area contributed by atoms with Crippen molar-refractivity contribution >= 4 is 21.8 Å². The van der Waals surface area contributed by atoms with E-state index in [1.165, 1.54) is 0 Å². The van der Waals surface area contributed by atoms with E-state index in [2.05, 4.69) is 0 Å². The summed E-state index contributed by atoms with van der Waals surface area (Å²) in [5.41, 5.74) is 5.68. The molecule has 9 rings (SSSR count). The summed E-state index contributed by atoms with van der Waals surface area (Å²) in [4.78, 5) is 15.1. The first-order valence-electron chi connectivity index (χ1n) is 20.2. The fourth-order valence-electron chi connectivity index (χ4n) is 6.27. The van der Waals surface area contributed by atoms with E-state index in [9.17, 15) is 2.74 Å². The van der Waals surface area contributed by atoms with Crippen LogP contribution in [0.25, 0.3) is 83.9 Å². The minimum absolute atomic E-state index is 0.0539. The van der Waals surface area contributed by atoms with Crippen molar-refractivity contribution in [3.63, 3.8) is 0 Å². The highest BCUT2D eigenvalue weighted by molar-refractivity contribution is 6.15. The number of benzene rings is 7. The van der Waals surface area contributed by atoms with Gasteiger partial charge < -0.3 is 0 Å². The van der Waals surface area contributed by atoms with Crippen LogP contribution >= 0.6 is 0 Å². The van der Waals surface area contributed by atoms with Crippen molar-refractivity contribution in [3.8, 4) is 62.1 Å². The Bertz CT molecular complexity index is 3070. The number of rotatable bonds is 6. The zero-order chi connectivity index (χ0) is 40.4. The molecular formula is C45H30N4. The Morgan fingerprint density at radius 3 is 1.76 bits per heavy atom. The molecule has 0 spiro atoms. The molecule has 2 heterocycles. The van der Waals surface area contributed by atoms with Gasteiger partial charge in [-0.25, -0.2) is 4.98 Å². The Labute approximate surface area is 297 Å². The highest BCUT2D eigenvalue weighted by Crippen LogP contribution is 2.39. The lowest BCUT2D eigenvalue weighted by molar-refractivity contribution is 0.954. The van der Waals surface area contributed by atoms with Crippen LogP contribution in [0.15, 0.2) is 182 Å². The highest BCUT2D eigenvalue weighted by Gasteiger charge is 2.21. The Kier molecular flexibility index (Phi) is 5.11. The van der Waals surface area contributed by atoms with Crippen molar-refractivity contribution in [2.24, 2.45) is 0 Å².